The Balaban J connectivity index is 1.40. The summed E-state index contributed by atoms with van der Waals surface area (Å²) in [5.41, 5.74) is 1.17. The van der Waals surface area contributed by atoms with Crippen molar-refractivity contribution in [1.29, 1.82) is 0 Å². The van der Waals surface area contributed by atoms with E-state index >= 15 is 0 Å². The monoisotopic (exact) mass is 311 g/mol. The average Bonchev–Trinajstić information content (AvgIpc) is 2.63. The molecule has 1 saturated heterocycles. The van der Waals surface area contributed by atoms with E-state index in [0.29, 0.717) is 12.6 Å². The van der Waals surface area contributed by atoms with Crippen LogP contribution in [0.15, 0.2) is 54.6 Å². The van der Waals surface area contributed by atoms with E-state index in [4.69, 9.17) is 9.47 Å². The zero-order valence-corrected chi connectivity index (χ0v) is 13.5. The first-order valence-electron chi connectivity index (χ1n) is 8.53. The van der Waals surface area contributed by atoms with E-state index < -0.39 is 0 Å². The standard InChI is InChI=1S/C20H25NO2/c1-2-6-17(7-3-1)16-23-20-11-9-19(10-12-20)22-15-13-18-8-4-5-14-21-18/h1-3,6-7,9-12,18,21H,4-5,8,13-16H2. The van der Waals surface area contributed by atoms with Crippen LogP contribution in [0.25, 0.3) is 0 Å². The first-order chi connectivity index (χ1) is 11.4. The molecular formula is C20H25NO2. The SMILES string of the molecule is c1ccc(COc2ccc(OCCC3CCCCN3)cc2)cc1. The van der Waals surface area contributed by atoms with Crippen LogP contribution in [0.4, 0.5) is 0 Å². The van der Waals surface area contributed by atoms with Crippen LogP contribution in [-0.4, -0.2) is 19.2 Å². The van der Waals surface area contributed by atoms with Gasteiger partial charge in [-0.2, -0.15) is 0 Å². The molecule has 1 aliphatic rings. The number of hydrogen-bond donors (Lipinski definition) is 1. The largest absolute Gasteiger partial charge is 0.494 e. The second kappa shape index (κ2) is 8.59. The molecule has 122 valence electrons. The maximum absolute atomic E-state index is 5.83. The van der Waals surface area contributed by atoms with Gasteiger partial charge in [0.05, 0.1) is 6.61 Å². The van der Waals surface area contributed by atoms with Gasteiger partial charge in [-0.3, -0.25) is 0 Å². The molecule has 2 aromatic rings. The van der Waals surface area contributed by atoms with Gasteiger partial charge in [0, 0.05) is 6.04 Å². The van der Waals surface area contributed by atoms with Gasteiger partial charge >= 0.3 is 0 Å². The summed E-state index contributed by atoms with van der Waals surface area (Å²) in [5, 5.41) is 3.55. The van der Waals surface area contributed by atoms with Gasteiger partial charge in [-0.15, -0.1) is 0 Å². The fourth-order valence-corrected chi connectivity index (χ4v) is 2.86. The van der Waals surface area contributed by atoms with Gasteiger partial charge in [-0.1, -0.05) is 36.8 Å². The fourth-order valence-electron chi connectivity index (χ4n) is 2.86. The summed E-state index contributed by atoms with van der Waals surface area (Å²) in [6.07, 6.45) is 4.99. The molecule has 1 fully saturated rings. The molecule has 0 radical (unpaired) electrons. The summed E-state index contributed by atoms with van der Waals surface area (Å²) >= 11 is 0. The Hall–Kier alpha value is -2.00. The second-order valence-electron chi connectivity index (χ2n) is 6.03. The molecular weight excluding hydrogens is 286 g/mol. The lowest BCUT2D eigenvalue weighted by molar-refractivity contribution is 0.267. The first-order valence-corrected chi connectivity index (χ1v) is 8.53. The molecule has 3 nitrogen and oxygen atoms in total. The van der Waals surface area contributed by atoms with E-state index in [1.807, 2.05) is 42.5 Å². The first kappa shape index (κ1) is 15.9. The van der Waals surface area contributed by atoms with Crippen LogP contribution in [0.3, 0.4) is 0 Å². The van der Waals surface area contributed by atoms with Crippen molar-refractivity contribution in [2.45, 2.75) is 38.3 Å². The van der Waals surface area contributed by atoms with Crippen molar-refractivity contribution in [3.05, 3.63) is 60.2 Å². The third-order valence-corrected chi connectivity index (χ3v) is 4.22. The molecule has 3 rings (SSSR count). The van der Waals surface area contributed by atoms with Crippen LogP contribution in [0, 0.1) is 0 Å². The molecule has 1 unspecified atom stereocenters. The molecule has 2 aromatic carbocycles. The molecule has 0 spiro atoms. The Morgan fingerprint density at radius 3 is 2.30 bits per heavy atom. The third-order valence-electron chi connectivity index (χ3n) is 4.22. The highest BCUT2D eigenvalue weighted by molar-refractivity contribution is 5.31. The maximum Gasteiger partial charge on any atom is 0.120 e. The Labute approximate surface area is 138 Å². The number of nitrogens with one attached hydrogen (secondary N) is 1. The van der Waals surface area contributed by atoms with Gasteiger partial charge in [0.2, 0.25) is 0 Å². The van der Waals surface area contributed by atoms with Crippen LogP contribution >= 0.6 is 0 Å². The van der Waals surface area contributed by atoms with Gasteiger partial charge in [0.15, 0.2) is 0 Å². The molecule has 1 atom stereocenters. The number of piperidine rings is 1. The summed E-state index contributed by atoms with van der Waals surface area (Å²) in [7, 11) is 0. The van der Waals surface area contributed by atoms with Crippen molar-refractivity contribution in [2.24, 2.45) is 0 Å². The van der Waals surface area contributed by atoms with Crippen LogP contribution in [-0.2, 0) is 6.61 Å². The molecule has 0 aliphatic carbocycles. The smallest absolute Gasteiger partial charge is 0.120 e. The predicted molar refractivity (Wildman–Crippen MR) is 93.0 cm³/mol. The quantitative estimate of drug-likeness (QED) is 0.832. The summed E-state index contributed by atoms with van der Waals surface area (Å²) in [5.74, 6) is 1.78. The zero-order chi connectivity index (χ0) is 15.7. The minimum atomic E-state index is 0.592. The van der Waals surface area contributed by atoms with E-state index in [9.17, 15) is 0 Å². The van der Waals surface area contributed by atoms with Crippen molar-refractivity contribution >= 4 is 0 Å². The van der Waals surface area contributed by atoms with Crippen molar-refractivity contribution in [3.63, 3.8) is 0 Å². The number of benzene rings is 2. The molecule has 0 amide bonds. The summed E-state index contributed by atoms with van der Waals surface area (Å²) in [4.78, 5) is 0. The highest BCUT2D eigenvalue weighted by atomic mass is 16.5. The highest BCUT2D eigenvalue weighted by Crippen LogP contribution is 2.19. The number of hydrogen-bond acceptors (Lipinski definition) is 3. The molecule has 0 saturated carbocycles. The van der Waals surface area contributed by atoms with E-state index in [0.717, 1.165) is 31.1 Å². The summed E-state index contributed by atoms with van der Waals surface area (Å²) in [6.45, 7) is 2.51. The predicted octanol–water partition coefficient (Wildman–Crippen LogP) is 4.18. The second-order valence-corrected chi connectivity index (χ2v) is 6.03. The highest BCUT2D eigenvalue weighted by Gasteiger charge is 2.11. The minimum absolute atomic E-state index is 0.592. The van der Waals surface area contributed by atoms with Gasteiger partial charge in [0.1, 0.15) is 18.1 Å². The van der Waals surface area contributed by atoms with E-state index in [-0.39, 0.29) is 0 Å². The maximum atomic E-state index is 5.83. The van der Waals surface area contributed by atoms with Crippen LogP contribution in [0.2, 0.25) is 0 Å². The normalized spacial score (nSPS) is 17.7. The Bertz CT molecular complexity index is 562. The third kappa shape index (κ3) is 5.29. The van der Waals surface area contributed by atoms with Gasteiger partial charge in [-0.05, 0) is 55.6 Å². The molecule has 0 aromatic heterocycles. The fraction of sp³-hybridized carbons (Fsp3) is 0.400. The van der Waals surface area contributed by atoms with Crippen LogP contribution in [0.1, 0.15) is 31.2 Å². The van der Waals surface area contributed by atoms with E-state index in [1.54, 1.807) is 0 Å². The van der Waals surface area contributed by atoms with Crippen molar-refractivity contribution < 1.29 is 9.47 Å². The average molecular weight is 311 g/mol. The van der Waals surface area contributed by atoms with Crippen molar-refractivity contribution in [1.82, 2.24) is 5.32 Å². The van der Waals surface area contributed by atoms with Gasteiger partial charge in [-0.25, -0.2) is 0 Å². The van der Waals surface area contributed by atoms with Crippen LogP contribution in [0.5, 0.6) is 11.5 Å². The Morgan fingerprint density at radius 1 is 0.870 bits per heavy atom. The molecule has 1 N–H and O–H groups in total. The number of rotatable bonds is 7. The van der Waals surface area contributed by atoms with E-state index in [1.165, 1.54) is 24.8 Å². The lowest BCUT2D eigenvalue weighted by atomic mass is 10.0. The minimum Gasteiger partial charge on any atom is -0.494 e. The lowest BCUT2D eigenvalue weighted by Gasteiger charge is -2.23. The van der Waals surface area contributed by atoms with Crippen LogP contribution < -0.4 is 14.8 Å². The number of ether oxygens (including phenoxy) is 2. The molecule has 1 aliphatic heterocycles. The molecule has 23 heavy (non-hydrogen) atoms. The molecule has 3 heteroatoms. The molecule has 1 heterocycles. The molecule has 0 bridgehead atoms. The van der Waals surface area contributed by atoms with Crippen molar-refractivity contribution in [2.75, 3.05) is 13.2 Å². The Kier molecular flexibility index (Phi) is 5.93. The zero-order valence-electron chi connectivity index (χ0n) is 13.5. The summed E-state index contributed by atoms with van der Waals surface area (Å²) < 4.78 is 11.6. The van der Waals surface area contributed by atoms with Crippen molar-refractivity contribution in [3.8, 4) is 11.5 Å². The lowest BCUT2D eigenvalue weighted by Crippen LogP contribution is -2.35. The Morgan fingerprint density at radius 2 is 1.61 bits per heavy atom. The van der Waals surface area contributed by atoms with Gasteiger partial charge < -0.3 is 14.8 Å². The topological polar surface area (TPSA) is 30.5 Å². The summed E-state index contributed by atoms with van der Waals surface area (Å²) in [6, 6.07) is 18.7. The van der Waals surface area contributed by atoms with E-state index in [2.05, 4.69) is 17.4 Å². The van der Waals surface area contributed by atoms with Gasteiger partial charge in [0.25, 0.3) is 0 Å².